The van der Waals surface area contributed by atoms with Crippen molar-refractivity contribution in [3.05, 3.63) is 65.5 Å². The maximum absolute atomic E-state index is 13.8. The van der Waals surface area contributed by atoms with Gasteiger partial charge in [0.25, 0.3) is 0 Å². The summed E-state index contributed by atoms with van der Waals surface area (Å²) in [4.78, 5) is 7.97. The molecule has 2 heterocycles. The van der Waals surface area contributed by atoms with Gasteiger partial charge in [-0.25, -0.2) is 4.98 Å². The van der Waals surface area contributed by atoms with E-state index in [1.807, 2.05) is 0 Å². The Morgan fingerprint density at radius 2 is 1.67 bits per heavy atom. The van der Waals surface area contributed by atoms with Crippen molar-refractivity contribution in [2.75, 3.05) is 0 Å². The zero-order valence-corrected chi connectivity index (χ0v) is 14.5. The smallest absolute Gasteiger partial charge is 0.374 e. The van der Waals surface area contributed by atoms with Crippen LogP contribution in [-0.4, -0.2) is 26.4 Å². The SMILES string of the molecule is OC(Cc1nc(-c2ccccc2)no1)(c1nc2ccccc2s1)C(F)(F)F. The van der Waals surface area contributed by atoms with Gasteiger partial charge in [-0.2, -0.15) is 18.2 Å². The van der Waals surface area contributed by atoms with Gasteiger partial charge < -0.3 is 9.63 Å². The van der Waals surface area contributed by atoms with Crippen LogP contribution in [0.15, 0.2) is 59.1 Å². The fourth-order valence-corrected chi connectivity index (χ4v) is 3.67. The second-order valence-electron chi connectivity index (χ2n) is 5.90. The minimum absolute atomic E-state index is 0.152. The molecule has 4 rings (SSSR count). The Bertz CT molecular complexity index is 1050. The molecule has 0 fully saturated rings. The molecule has 0 bridgehead atoms. The highest BCUT2D eigenvalue weighted by molar-refractivity contribution is 7.18. The average Bonchev–Trinajstić information content (AvgIpc) is 3.28. The maximum atomic E-state index is 13.8. The molecule has 5 nitrogen and oxygen atoms in total. The number of aliphatic hydroxyl groups is 1. The number of rotatable bonds is 4. The minimum atomic E-state index is -4.97. The molecule has 0 spiro atoms. The van der Waals surface area contributed by atoms with Gasteiger partial charge in [-0.1, -0.05) is 47.6 Å². The van der Waals surface area contributed by atoms with Gasteiger partial charge in [-0.15, -0.1) is 11.3 Å². The molecular weight excluding hydrogens is 379 g/mol. The van der Waals surface area contributed by atoms with Gasteiger partial charge in [-0.05, 0) is 12.1 Å². The van der Waals surface area contributed by atoms with Crippen LogP contribution in [0.3, 0.4) is 0 Å². The molecule has 2 aromatic heterocycles. The van der Waals surface area contributed by atoms with Crippen LogP contribution in [0.1, 0.15) is 10.9 Å². The molecule has 0 radical (unpaired) electrons. The van der Waals surface area contributed by atoms with Gasteiger partial charge in [0.05, 0.1) is 16.6 Å². The number of hydrogen-bond acceptors (Lipinski definition) is 6. The van der Waals surface area contributed by atoms with Gasteiger partial charge in [0.2, 0.25) is 17.3 Å². The summed E-state index contributed by atoms with van der Waals surface area (Å²) in [7, 11) is 0. The van der Waals surface area contributed by atoms with Crippen LogP contribution in [0.5, 0.6) is 0 Å². The molecule has 4 aromatic rings. The first-order chi connectivity index (χ1) is 12.9. The van der Waals surface area contributed by atoms with Crippen molar-refractivity contribution in [3.63, 3.8) is 0 Å². The summed E-state index contributed by atoms with van der Waals surface area (Å²) in [5, 5.41) is 13.8. The van der Waals surface area contributed by atoms with Crippen molar-refractivity contribution in [1.29, 1.82) is 0 Å². The Labute approximate surface area is 155 Å². The predicted molar refractivity (Wildman–Crippen MR) is 93.0 cm³/mol. The van der Waals surface area contributed by atoms with Crippen molar-refractivity contribution in [1.82, 2.24) is 15.1 Å². The molecule has 27 heavy (non-hydrogen) atoms. The number of aromatic nitrogens is 3. The average molecular weight is 391 g/mol. The van der Waals surface area contributed by atoms with Gasteiger partial charge in [-0.3, -0.25) is 0 Å². The fourth-order valence-electron chi connectivity index (χ4n) is 2.60. The van der Waals surface area contributed by atoms with Crippen molar-refractivity contribution in [2.24, 2.45) is 0 Å². The molecule has 138 valence electrons. The van der Waals surface area contributed by atoms with E-state index in [2.05, 4.69) is 15.1 Å². The Hall–Kier alpha value is -2.78. The van der Waals surface area contributed by atoms with E-state index < -0.39 is 23.2 Å². The third kappa shape index (κ3) is 3.19. The fraction of sp³-hybridized carbons (Fsp3) is 0.167. The van der Waals surface area contributed by atoms with E-state index in [-0.39, 0.29) is 11.7 Å². The topological polar surface area (TPSA) is 72.0 Å². The van der Waals surface area contributed by atoms with E-state index in [1.165, 1.54) is 0 Å². The summed E-state index contributed by atoms with van der Waals surface area (Å²) >= 11 is 0.783. The van der Waals surface area contributed by atoms with Crippen LogP contribution in [0.25, 0.3) is 21.6 Å². The Morgan fingerprint density at radius 1 is 0.963 bits per heavy atom. The molecule has 1 unspecified atom stereocenters. The molecule has 0 aliphatic rings. The Balaban J connectivity index is 1.72. The van der Waals surface area contributed by atoms with Crippen molar-refractivity contribution in [2.45, 2.75) is 18.2 Å². The van der Waals surface area contributed by atoms with Crippen molar-refractivity contribution in [3.8, 4) is 11.4 Å². The van der Waals surface area contributed by atoms with Crippen molar-refractivity contribution < 1.29 is 22.8 Å². The molecule has 0 aliphatic heterocycles. The number of nitrogens with zero attached hydrogens (tertiary/aromatic N) is 3. The van der Waals surface area contributed by atoms with E-state index in [1.54, 1.807) is 54.6 Å². The first-order valence-corrected chi connectivity index (χ1v) is 8.72. The third-order valence-electron chi connectivity index (χ3n) is 4.02. The summed E-state index contributed by atoms with van der Waals surface area (Å²) < 4.78 is 46.8. The standard InChI is InChI=1S/C18H12F3N3O2S/c19-18(20,21)17(25,16-22-12-8-4-5-9-13(12)27-16)10-14-23-15(24-26-14)11-6-2-1-3-7-11/h1-9,25H,10H2. The summed E-state index contributed by atoms with van der Waals surface area (Å²) in [5.41, 5.74) is -2.24. The first kappa shape index (κ1) is 17.6. The largest absolute Gasteiger partial charge is 0.424 e. The number of alkyl halides is 3. The molecule has 0 aliphatic carbocycles. The molecule has 1 atom stereocenters. The lowest BCUT2D eigenvalue weighted by molar-refractivity contribution is -0.267. The highest BCUT2D eigenvalue weighted by atomic mass is 32.1. The molecule has 1 N–H and O–H groups in total. The number of benzene rings is 2. The van der Waals surface area contributed by atoms with E-state index in [9.17, 15) is 18.3 Å². The lowest BCUT2D eigenvalue weighted by atomic mass is 10.00. The molecule has 9 heteroatoms. The summed E-state index contributed by atoms with van der Waals surface area (Å²) in [5.74, 6) is -0.174. The third-order valence-corrected chi connectivity index (χ3v) is 5.21. The predicted octanol–water partition coefficient (Wildman–Crippen LogP) is 4.34. The van der Waals surface area contributed by atoms with Gasteiger partial charge >= 0.3 is 6.18 Å². The Kier molecular flexibility index (Phi) is 4.20. The van der Waals surface area contributed by atoms with E-state index in [0.717, 1.165) is 11.3 Å². The summed E-state index contributed by atoms with van der Waals surface area (Å²) in [6.07, 6.45) is -5.89. The highest BCUT2D eigenvalue weighted by Crippen LogP contribution is 2.44. The second kappa shape index (κ2) is 6.43. The van der Waals surface area contributed by atoms with Crippen LogP contribution in [-0.2, 0) is 12.0 Å². The number of fused-ring (bicyclic) bond motifs is 1. The Morgan fingerprint density at radius 3 is 2.37 bits per heavy atom. The number of para-hydroxylation sites is 1. The monoisotopic (exact) mass is 391 g/mol. The zero-order valence-electron chi connectivity index (χ0n) is 13.6. The summed E-state index contributed by atoms with van der Waals surface area (Å²) in [6, 6.07) is 15.3. The lowest BCUT2D eigenvalue weighted by Gasteiger charge is -2.26. The highest BCUT2D eigenvalue weighted by Gasteiger charge is 2.58. The molecule has 0 amide bonds. The van der Waals surface area contributed by atoms with Crippen LogP contribution in [0, 0.1) is 0 Å². The van der Waals surface area contributed by atoms with Crippen LogP contribution < -0.4 is 0 Å². The van der Waals surface area contributed by atoms with Crippen LogP contribution in [0.2, 0.25) is 0 Å². The summed E-state index contributed by atoms with van der Waals surface area (Å²) in [6.45, 7) is 0. The van der Waals surface area contributed by atoms with E-state index in [4.69, 9.17) is 4.52 Å². The lowest BCUT2D eigenvalue weighted by Crippen LogP contribution is -2.44. The zero-order chi connectivity index (χ0) is 19.1. The molecular formula is C18H12F3N3O2S. The number of hydrogen-bond donors (Lipinski definition) is 1. The number of thiazole rings is 1. The minimum Gasteiger partial charge on any atom is -0.374 e. The van der Waals surface area contributed by atoms with Gasteiger partial charge in [0.15, 0.2) is 0 Å². The second-order valence-corrected chi connectivity index (χ2v) is 6.93. The normalized spacial score (nSPS) is 14.4. The van der Waals surface area contributed by atoms with Gasteiger partial charge in [0.1, 0.15) is 5.01 Å². The first-order valence-electron chi connectivity index (χ1n) is 7.90. The van der Waals surface area contributed by atoms with Crippen LogP contribution in [0.4, 0.5) is 13.2 Å². The van der Waals surface area contributed by atoms with E-state index in [0.29, 0.717) is 15.8 Å². The van der Waals surface area contributed by atoms with E-state index >= 15 is 0 Å². The van der Waals surface area contributed by atoms with Crippen LogP contribution >= 0.6 is 11.3 Å². The molecule has 2 aromatic carbocycles. The molecule has 0 saturated heterocycles. The number of halogens is 3. The quantitative estimate of drug-likeness (QED) is 0.560. The molecule has 0 saturated carbocycles. The van der Waals surface area contributed by atoms with Crippen molar-refractivity contribution >= 4 is 21.6 Å². The maximum Gasteiger partial charge on any atom is 0.424 e. The van der Waals surface area contributed by atoms with Gasteiger partial charge in [0, 0.05) is 5.56 Å².